The standard InChI is InChI=1S/C25H20N4O3/c30-25-20-6-2-4-8-22(20)28(15-16-9-11-17(12-10-16)29(31)32)24-23-19(13-14-27(24)25)18-5-1-3-7-21(18)26-23/h1-12,24,26H,13-15H2. The topological polar surface area (TPSA) is 82.5 Å². The minimum Gasteiger partial charge on any atom is -0.355 e. The summed E-state index contributed by atoms with van der Waals surface area (Å²) in [6.45, 7) is 1.17. The van der Waals surface area contributed by atoms with Gasteiger partial charge in [-0.25, -0.2) is 0 Å². The number of H-pyrrole nitrogens is 1. The van der Waals surface area contributed by atoms with E-state index in [9.17, 15) is 14.9 Å². The Morgan fingerprint density at radius 2 is 1.75 bits per heavy atom. The maximum Gasteiger partial charge on any atom is 0.269 e. The Bertz CT molecular complexity index is 1380. The van der Waals surface area contributed by atoms with E-state index in [0.717, 1.165) is 28.9 Å². The first-order valence-corrected chi connectivity index (χ1v) is 10.6. The molecule has 2 aliphatic heterocycles. The molecule has 0 aliphatic carbocycles. The third-order valence-electron chi connectivity index (χ3n) is 6.50. The summed E-state index contributed by atoms with van der Waals surface area (Å²) < 4.78 is 0. The van der Waals surface area contributed by atoms with Crippen LogP contribution in [0, 0.1) is 10.1 Å². The fourth-order valence-electron chi connectivity index (χ4n) is 5.04. The summed E-state index contributed by atoms with van der Waals surface area (Å²) in [6.07, 6.45) is 0.540. The van der Waals surface area contributed by atoms with Crippen molar-refractivity contribution in [3.63, 3.8) is 0 Å². The Labute approximate surface area is 184 Å². The highest BCUT2D eigenvalue weighted by atomic mass is 16.6. The summed E-state index contributed by atoms with van der Waals surface area (Å²) >= 11 is 0. The van der Waals surface area contributed by atoms with Crippen LogP contribution >= 0.6 is 0 Å². The van der Waals surface area contributed by atoms with Gasteiger partial charge in [0.1, 0.15) is 6.17 Å². The van der Waals surface area contributed by atoms with Gasteiger partial charge in [0.2, 0.25) is 0 Å². The van der Waals surface area contributed by atoms with Crippen LogP contribution in [0.25, 0.3) is 10.9 Å². The molecule has 0 saturated carbocycles. The zero-order chi connectivity index (χ0) is 21.8. The van der Waals surface area contributed by atoms with E-state index in [1.807, 2.05) is 41.3 Å². The fraction of sp³-hybridized carbons (Fsp3) is 0.160. The number of hydrogen-bond donors (Lipinski definition) is 1. The van der Waals surface area contributed by atoms with Crippen LogP contribution in [0.2, 0.25) is 0 Å². The van der Waals surface area contributed by atoms with Gasteiger partial charge >= 0.3 is 0 Å². The Hall–Kier alpha value is -4.13. The monoisotopic (exact) mass is 424 g/mol. The van der Waals surface area contributed by atoms with Crippen molar-refractivity contribution >= 4 is 28.2 Å². The van der Waals surface area contributed by atoms with Crippen LogP contribution in [0.3, 0.4) is 0 Å². The van der Waals surface area contributed by atoms with Crippen molar-refractivity contribution in [1.29, 1.82) is 0 Å². The van der Waals surface area contributed by atoms with E-state index in [-0.39, 0.29) is 17.8 Å². The molecular formula is C25H20N4O3. The molecule has 1 unspecified atom stereocenters. The zero-order valence-electron chi connectivity index (χ0n) is 17.2. The first kappa shape index (κ1) is 18.6. The van der Waals surface area contributed by atoms with Crippen molar-refractivity contribution in [3.05, 3.63) is 105 Å². The zero-order valence-corrected chi connectivity index (χ0v) is 17.2. The van der Waals surface area contributed by atoms with Crippen molar-refractivity contribution in [2.24, 2.45) is 0 Å². The number of aromatic amines is 1. The molecule has 7 heteroatoms. The number of para-hydroxylation sites is 2. The molecule has 0 radical (unpaired) electrons. The molecule has 1 amide bonds. The van der Waals surface area contributed by atoms with Crippen LogP contribution in [0.15, 0.2) is 72.8 Å². The van der Waals surface area contributed by atoms with Crippen molar-refractivity contribution in [3.8, 4) is 0 Å². The SMILES string of the molecule is O=C1c2ccccc2N(Cc2ccc([N+](=O)[O-])cc2)C2c3[nH]c4ccccc4c3CCN12. The fourth-order valence-corrected chi connectivity index (χ4v) is 5.04. The summed E-state index contributed by atoms with van der Waals surface area (Å²) in [5, 5.41) is 12.3. The molecule has 0 bridgehead atoms. The molecule has 0 saturated heterocycles. The smallest absolute Gasteiger partial charge is 0.269 e. The number of anilines is 1. The summed E-state index contributed by atoms with van der Waals surface area (Å²) in [6, 6.07) is 22.6. The van der Waals surface area contributed by atoms with Crippen LogP contribution in [0.4, 0.5) is 11.4 Å². The second-order valence-electron chi connectivity index (χ2n) is 8.25. The molecule has 6 rings (SSSR count). The van der Waals surface area contributed by atoms with Gasteiger partial charge in [-0.15, -0.1) is 0 Å². The maximum atomic E-state index is 13.4. The van der Waals surface area contributed by atoms with Crippen LogP contribution < -0.4 is 4.90 Å². The number of fused-ring (bicyclic) bond motifs is 6. The number of nitro benzene ring substituents is 1. The first-order chi connectivity index (χ1) is 15.6. The van der Waals surface area contributed by atoms with Crippen LogP contribution in [-0.4, -0.2) is 27.3 Å². The quantitative estimate of drug-likeness (QED) is 0.379. The number of hydrogen-bond acceptors (Lipinski definition) is 4. The molecule has 158 valence electrons. The molecule has 32 heavy (non-hydrogen) atoms. The second kappa shape index (κ2) is 6.95. The van der Waals surface area contributed by atoms with Gasteiger partial charge < -0.3 is 14.8 Å². The summed E-state index contributed by atoms with van der Waals surface area (Å²) in [5.41, 5.74) is 5.95. The highest BCUT2D eigenvalue weighted by Gasteiger charge is 2.42. The number of amides is 1. The predicted octanol–water partition coefficient (Wildman–Crippen LogP) is 4.79. The maximum absolute atomic E-state index is 13.4. The lowest BCUT2D eigenvalue weighted by Crippen LogP contribution is -2.52. The number of aromatic nitrogens is 1. The van der Waals surface area contributed by atoms with Crippen molar-refractivity contribution in [2.75, 3.05) is 11.4 Å². The summed E-state index contributed by atoms with van der Waals surface area (Å²) in [5.74, 6) is 0.0369. The first-order valence-electron chi connectivity index (χ1n) is 10.6. The van der Waals surface area contributed by atoms with E-state index >= 15 is 0 Å². The lowest BCUT2D eigenvalue weighted by molar-refractivity contribution is -0.384. The molecule has 4 aromatic rings. The molecule has 7 nitrogen and oxygen atoms in total. The highest BCUT2D eigenvalue weighted by Crippen LogP contribution is 2.44. The lowest BCUT2D eigenvalue weighted by atomic mass is 9.95. The average molecular weight is 424 g/mol. The van der Waals surface area contributed by atoms with Gasteiger partial charge in [0.05, 0.1) is 21.9 Å². The normalized spacial score (nSPS) is 17.1. The van der Waals surface area contributed by atoms with Gasteiger partial charge in [-0.1, -0.05) is 42.5 Å². The molecule has 3 aromatic carbocycles. The summed E-state index contributed by atoms with van der Waals surface area (Å²) in [7, 11) is 0. The minimum atomic E-state index is -0.391. The Kier molecular flexibility index (Phi) is 4.04. The third-order valence-corrected chi connectivity index (χ3v) is 6.50. The van der Waals surface area contributed by atoms with Gasteiger partial charge in [-0.05, 0) is 35.7 Å². The average Bonchev–Trinajstić information content (AvgIpc) is 3.20. The molecule has 1 aromatic heterocycles. The van der Waals surface area contributed by atoms with Crippen LogP contribution in [0.1, 0.15) is 33.3 Å². The molecule has 3 heterocycles. The number of carbonyl (C=O) groups is 1. The molecule has 2 aliphatic rings. The van der Waals surface area contributed by atoms with E-state index in [2.05, 4.69) is 22.0 Å². The molecular weight excluding hydrogens is 404 g/mol. The number of rotatable bonds is 3. The molecule has 1 atom stereocenters. The van der Waals surface area contributed by atoms with E-state index in [4.69, 9.17) is 0 Å². The van der Waals surface area contributed by atoms with Crippen molar-refractivity contribution in [1.82, 2.24) is 9.88 Å². The number of nitrogens with one attached hydrogen (secondary N) is 1. The van der Waals surface area contributed by atoms with Crippen molar-refractivity contribution < 1.29 is 9.72 Å². The van der Waals surface area contributed by atoms with E-state index in [1.54, 1.807) is 12.1 Å². The van der Waals surface area contributed by atoms with E-state index in [1.165, 1.54) is 23.1 Å². The lowest BCUT2D eigenvalue weighted by Gasteiger charge is -2.47. The number of nitro groups is 1. The van der Waals surface area contributed by atoms with Crippen molar-refractivity contribution in [2.45, 2.75) is 19.1 Å². The van der Waals surface area contributed by atoms with E-state index in [0.29, 0.717) is 18.7 Å². The second-order valence-corrected chi connectivity index (χ2v) is 8.25. The third kappa shape index (κ3) is 2.71. The molecule has 0 fully saturated rings. The Balaban J connectivity index is 1.50. The van der Waals surface area contributed by atoms with Gasteiger partial charge in [-0.3, -0.25) is 14.9 Å². The number of non-ortho nitro benzene ring substituents is 1. The summed E-state index contributed by atoms with van der Waals surface area (Å²) in [4.78, 5) is 31.8. The van der Waals surface area contributed by atoms with Gasteiger partial charge in [0, 0.05) is 36.1 Å². The van der Waals surface area contributed by atoms with Gasteiger partial charge in [-0.2, -0.15) is 0 Å². The van der Waals surface area contributed by atoms with Crippen LogP contribution in [-0.2, 0) is 13.0 Å². The van der Waals surface area contributed by atoms with Gasteiger partial charge in [0.25, 0.3) is 11.6 Å². The number of carbonyl (C=O) groups excluding carboxylic acids is 1. The van der Waals surface area contributed by atoms with E-state index < -0.39 is 4.92 Å². The van der Waals surface area contributed by atoms with Crippen LogP contribution in [0.5, 0.6) is 0 Å². The largest absolute Gasteiger partial charge is 0.355 e. The predicted molar refractivity (Wildman–Crippen MR) is 122 cm³/mol. The Morgan fingerprint density at radius 1 is 1.00 bits per heavy atom. The number of nitrogens with zero attached hydrogens (tertiary/aromatic N) is 3. The van der Waals surface area contributed by atoms with Gasteiger partial charge in [0.15, 0.2) is 0 Å². The molecule has 1 N–H and O–H groups in total. The minimum absolute atomic E-state index is 0.0369. The number of benzene rings is 3. The highest BCUT2D eigenvalue weighted by molar-refractivity contribution is 6.02. The Morgan fingerprint density at radius 3 is 2.56 bits per heavy atom. The molecule has 0 spiro atoms.